The molecule has 0 unspecified atom stereocenters. The molecule has 0 radical (unpaired) electrons. The van der Waals surface area contributed by atoms with Crippen molar-refractivity contribution in [3.63, 3.8) is 0 Å². The summed E-state index contributed by atoms with van der Waals surface area (Å²) >= 11 is 0. The summed E-state index contributed by atoms with van der Waals surface area (Å²) in [6.45, 7) is 0. The lowest BCUT2D eigenvalue weighted by atomic mass is 9.84. The first-order valence-corrected chi connectivity index (χ1v) is 6.99. The molecule has 5 fully saturated rings. The Hall–Kier alpha value is -1.59. The quantitative estimate of drug-likeness (QED) is 0.608. The van der Waals surface area contributed by atoms with Crippen LogP contribution in [0.4, 0.5) is 0 Å². The van der Waals surface area contributed by atoms with Gasteiger partial charge in [-0.15, -0.1) is 0 Å². The predicted molar refractivity (Wildman–Crippen MR) is 71.7 cm³/mol. The summed E-state index contributed by atoms with van der Waals surface area (Å²) < 4.78 is 0. The Morgan fingerprint density at radius 3 is 1.78 bits per heavy atom. The van der Waals surface area contributed by atoms with E-state index in [0.29, 0.717) is 0 Å². The molecule has 0 aliphatic heterocycles. The number of hydrogen-bond acceptors (Lipinski definition) is 1. The van der Waals surface area contributed by atoms with Crippen LogP contribution in [0.2, 0.25) is 0 Å². The average molecular weight is 233 g/mol. The van der Waals surface area contributed by atoms with Gasteiger partial charge in [-0.2, -0.15) is 0 Å². The highest BCUT2D eigenvalue weighted by molar-refractivity contribution is 5.76. The highest BCUT2D eigenvalue weighted by Crippen LogP contribution is 2.59. The minimum absolute atomic E-state index is 1.05. The third-order valence-electron chi connectivity index (χ3n) is 4.93. The van der Waals surface area contributed by atoms with Crippen LogP contribution in [0.1, 0.15) is 44.9 Å². The minimum atomic E-state index is 1.05. The molecule has 1 nitrogen and oxygen atoms in total. The van der Waals surface area contributed by atoms with Gasteiger partial charge in [-0.3, -0.25) is 5.41 Å². The van der Waals surface area contributed by atoms with Crippen LogP contribution in [0.5, 0.6) is 0 Å². The second-order valence-corrected chi connectivity index (χ2v) is 6.19. The maximum atomic E-state index is 7.11. The van der Waals surface area contributed by atoms with E-state index >= 15 is 0 Å². The fourth-order valence-corrected chi connectivity index (χ4v) is 3.36. The van der Waals surface area contributed by atoms with Crippen LogP contribution in [0.15, 0.2) is 50.2 Å². The molecule has 5 saturated carbocycles. The van der Waals surface area contributed by atoms with Gasteiger partial charge >= 0.3 is 0 Å². The summed E-state index contributed by atoms with van der Waals surface area (Å²) in [6, 6.07) is 0. The molecule has 1 heteroatoms. The first-order chi connectivity index (χ1) is 8.85. The fourth-order valence-electron chi connectivity index (χ4n) is 3.36. The lowest BCUT2D eigenvalue weighted by Crippen LogP contribution is -2.02. The van der Waals surface area contributed by atoms with Gasteiger partial charge in [0.15, 0.2) is 0 Å². The van der Waals surface area contributed by atoms with E-state index in [4.69, 9.17) is 5.41 Å². The fraction of sp³-hybridized carbons (Fsp3) is 0.412. The van der Waals surface area contributed by atoms with Gasteiger partial charge in [-0.05, 0) is 72.3 Å². The molecule has 5 aliphatic rings. The summed E-state index contributed by atoms with van der Waals surface area (Å²) in [5.74, 6) is 2.54. The van der Waals surface area contributed by atoms with Crippen LogP contribution in [-0.2, 0) is 0 Å². The van der Waals surface area contributed by atoms with E-state index < -0.39 is 0 Å². The van der Waals surface area contributed by atoms with Gasteiger partial charge in [0.1, 0.15) is 0 Å². The van der Waals surface area contributed by atoms with Crippen LogP contribution < -0.4 is 0 Å². The first-order valence-electron chi connectivity index (χ1n) is 6.99. The SMILES string of the molecule is N=C=C1CC1=C1CC(=C2C/C2=C2/CC2=C2CC2)C1. The third kappa shape index (κ3) is 1.26. The van der Waals surface area contributed by atoms with Crippen molar-refractivity contribution in [2.45, 2.75) is 44.9 Å². The minimum Gasteiger partial charge on any atom is -0.258 e. The van der Waals surface area contributed by atoms with Crippen molar-refractivity contribution in [3.05, 3.63) is 50.2 Å². The predicted octanol–water partition coefficient (Wildman–Crippen LogP) is 4.15. The topological polar surface area (TPSA) is 23.9 Å². The van der Waals surface area contributed by atoms with Crippen molar-refractivity contribution in [1.82, 2.24) is 0 Å². The standard InChI is InChI=1S/C17H15N/c18-8-12-5-13(12)10-3-11(4-10)15-7-17(15)16-6-14(16)9-1-2-9/h18H,1-7H2/b13-10?,15-11?,17-16+. The lowest BCUT2D eigenvalue weighted by molar-refractivity contribution is 0.847. The van der Waals surface area contributed by atoms with Crippen molar-refractivity contribution in [1.29, 1.82) is 5.41 Å². The van der Waals surface area contributed by atoms with E-state index in [-0.39, 0.29) is 0 Å². The molecule has 0 heterocycles. The van der Waals surface area contributed by atoms with Gasteiger partial charge in [-0.25, -0.2) is 0 Å². The molecule has 1 N–H and O–H groups in total. The number of allylic oxidation sites excluding steroid dienone is 9. The Balaban J connectivity index is 1.39. The van der Waals surface area contributed by atoms with Gasteiger partial charge in [0.2, 0.25) is 0 Å². The van der Waals surface area contributed by atoms with Gasteiger partial charge < -0.3 is 0 Å². The largest absolute Gasteiger partial charge is 0.258 e. The van der Waals surface area contributed by atoms with Crippen LogP contribution in [0.25, 0.3) is 0 Å². The number of rotatable bonds is 0. The summed E-state index contributed by atoms with van der Waals surface area (Å²) in [7, 11) is 0. The molecule has 0 saturated heterocycles. The Bertz CT molecular complexity index is 684. The van der Waals surface area contributed by atoms with E-state index in [1.54, 1.807) is 39.0 Å². The molecular formula is C17H15N. The van der Waals surface area contributed by atoms with E-state index in [9.17, 15) is 0 Å². The van der Waals surface area contributed by atoms with Crippen molar-refractivity contribution < 1.29 is 0 Å². The Morgan fingerprint density at radius 1 is 0.611 bits per heavy atom. The van der Waals surface area contributed by atoms with Gasteiger partial charge in [0.05, 0.1) is 0 Å². The third-order valence-corrected chi connectivity index (χ3v) is 4.93. The van der Waals surface area contributed by atoms with Crippen molar-refractivity contribution >= 4 is 5.87 Å². The normalized spacial score (nSPS) is 31.7. The highest BCUT2D eigenvalue weighted by atomic mass is 14.5. The van der Waals surface area contributed by atoms with Gasteiger partial charge in [0, 0.05) is 12.0 Å². The van der Waals surface area contributed by atoms with Gasteiger partial charge in [0.25, 0.3) is 0 Å². The Morgan fingerprint density at radius 2 is 1.22 bits per heavy atom. The summed E-state index contributed by atoms with van der Waals surface area (Å²) in [4.78, 5) is 0. The molecule has 5 rings (SSSR count). The summed E-state index contributed by atoms with van der Waals surface area (Å²) in [5.41, 5.74) is 14.5. The maximum Gasteiger partial charge on any atom is 0.0208 e. The van der Waals surface area contributed by atoms with Crippen LogP contribution in [0, 0.1) is 5.41 Å². The second-order valence-electron chi connectivity index (χ2n) is 6.19. The highest BCUT2D eigenvalue weighted by Gasteiger charge is 2.41. The maximum absolute atomic E-state index is 7.11. The van der Waals surface area contributed by atoms with E-state index in [1.807, 2.05) is 0 Å². The Labute approximate surface area is 107 Å². The monoisotopic (exact) mass is 233 g/mol. The van der Waals surface area contributed by atoms with E-state index in [2.05, 4.69) is 5.87 Å². The van der Waals surface area contributed by atoms with Crippen LogP contribution in [-0.4, -0.2) is 5.87 Å². The second kappa shape index (κ2) is 2.87. The summed E-state index contributed by atoms with van der Waals surface area (Å²) in [5, 5.41) is 7.11. The summed E-state index contributed by atoms with van der Waals surface area (Å²) in [6.07, 6.45) is 8.83. The smallest absolute Gasteiger partial charge is 0.0208 e. The molecule has 0 atom stereocenters. The number of hydrogen-bond donors (Lipinski definition) is 1. The van der Waals surface area contributed by atoms with Crippen molar-refractivity contribution in [2.24, 2.45) is 0 Å². The molecule has 0 spiro atoms. The zero-order valence-corrected chi connectivity index (χ0v) is 10.4. The van der Waals surface area contributed by atoms with Crippen LogP contribution >= 0.6 is 0 Å². The molecule has 0 amide bonds. The molecule has 5 aliphatic carbocycles. The molecule has 0 aromatic heterocycles. The molecular weight excluding hydrogens is 218 g/mol. The molecule has 88 valence electrons. The van der Waals surface area contributed by atoms with Crippen molar-refractivity contribution in [2.75, 3.05) is 0 Å². The van der Waals surface area contributed by atoms with E-state index in [1.165, 1.54) is 44.1 Å². The van der Waals surface area contributed by atoms with Crippen LogP contribution in [0.3, 0.4) is 0 Å². The zero-order valence-electron chi connectivity index (χ0n) is 10.4. The average Bonchev–Trinajstić information content (AvgIpc) is 3.15. The molecule has 0 bridgehead atoms. The Kier molecular flexibility index (Phi) is 1.49. The van der Waals surface area contributed by atoms with Crippen molar-refractivity contribution in [3.8, 4) is 0 Å². The first kappa shape index (κ1) is 9.35. The lowest BCUT2D eigenvalue weighted by Gasteiger charge is -2.21. The van der Waals surface area contributed by atoms with E-state index in [0.717, 1.165) is 12.0 Å². The molecule has 0 aromatic carbocycles. The number of nitrogens with one attached hydrogen (secondary N) is 1. The molecule has 0 aromatic rings. The molecule has 18 heavy (non-hydrogen) atoms. The van der Waals surface area contributed by atoms with Gasteiger partial charge in [-0.1, -0.05) is 16.7 Å². The zero-order chi connectivity index (χ0) is 11.9.